The summed E-state index contributed by atoms with van der Waals surface area (Å²) in [5, 5.41) is 39.0. The van der Waals surface area contributed by atoms with Crippen LogP contribution >= 0.6 is 0 Å². The van der Waals surface area contributed by atoms with E-state index in [2.05, 4.69) is 20.0 Å². The van der Waals surface area contributed by atoms with Crippen LogP contribution < -0.4 is 0 Å². The topological polar surface area (TPSA) is 174 Å². The predicted octanol–water partition coefficient (Wildman–Crippen LogP) is 2.00. The van der Waals surface area contributed by atoms with Crippen molar-refractivity contribution in [3.05, 3.63) is 0 Å². The molecule has 1 aliphatic heterocycles. The predicted molar refractivity (Wildman–Crippen MR) is 124 cm³/mol. The summed E-state index contributed by atoms with van der Waals surface area (Å²) in [6.45, 7) is 6.92. The zero-order valence-corrected chi connectivity index (χ0v) is 21.4. The fourth-order valence-corrected chi connectivity index (χ4v) is 5.71. The van der Waals surface area contributed by atoms with Crippen LogP contribution in [0, 0.1) is 0 Å². The van der Waals surface area contributed by atoms with Crippen LogP contribution in [0.15, 0.2) is 0 Å². The van der Waals surface area contributed by atoms with Crippen LogP contribution in [0.2, 0.25) is 25.2 Å². The van der Waals surface area contributed by atoms with Crippen LogP contribution in [0.4, 0.5) is 0 Å². The lowest BCUT2D eigenvalue weighted by molar-refractivity contribution is -0.295. The van der Waals surface area contributed by atoms with Crippen molar-refractivity contribution >= 4 is 18.5 Å². The molecule has 0 aromatic rings. The molecule has 10 nitrogen and oxygen atoms in total. The quantitative estimate of drug-likeness (QED) is 0.117. The van der Waals surface area contributed by atoms with E-state index in [1.54, 1.807) is 0 Å². The maximum Gasteiger partial charge on any atom is 0.394 e. The molecule has 0 amide bonds. The average Bonchev–Trinajstić information content (AvgIpc) is 2.68. The van der Waals surface area contributed by atoms with Crippen LogP contribution in [0.3, 0.4) is 0 Å². The van der Waals surface area contributed by atoms with E-state index in [0.717, 1.165) is 6.04 Å². The summed E-state index contributed by atoms with van der Waals surface area (Å²) in [5.74, 6) is 0. The van der Waals surface area contributed by atoms with E-state index >= 15 is 0 Å². The second-order valence-corrected chi connectivity index (χ2v) is 15.4. The minimum Gasteiger partial charge on any atom is -0.394 e. The molecule has 1 aliphatic rings. The Balaban J connectivity index is 0.00000172. The van der Waals surface area contributed by atoms with Gasteiger partial charge in [-0.3, -0.25) is 9.11 Å². The monoisotopic (exact) mass is 504 g/mol. The van der Waals surface area contributed by atoms with Gasteiger partial charge in [0.2, 0.25) is 0 Å². The van der Waals surface area contributed by atoms with Gasteiger partial charge in [0.25, 0.3) is 0 Å². The third-order valence-electron chi connectivity index (χ3n) is 5.64. The highest BCUT2D eigenvalue weighted by atomic mass is 32.3. The van der Waals surface area contributed by atoms with Gasteiger partial charge in [0, 0.05) is 14.7 Å². The van der Waals surface area contributed by atoms with Gasteiger partial charge in [-0.1, -0.05) is 77.4 Å². The number of hydrogen-bond acceptors (Lipinski definition) is 8. The van der Waals surface area contributed by atoms with Gasteiger partial charge < -0.3 is 29.9 Å². The molecule has 194 valence electrons. The molecule has 1 fully saturated rings. The van der Waals surface area contributed by atoms with Crippen LogP contribution in [-0.4, -0.2) is 89.9 Å². The lowest BCUT2D eigenvalue weighted by Gasteiger charge is -2.40. The normalized spacial score (nSPS) is 26.5. The standard InChI is InChI=1S/C20H42O6Si.H2O4S/c1-4-5-6-7-8-9-10-11-13-27(2,3)14-12-25-19-18(23)17(22)16(15-21)26-20(19)24;1-5(2,3)4/h16-24H,4-15H2,1-3H3;(H2,1,2,3,4)/t16-,17-,18+,19-,20-;/m1./s1. The van der Waals surface area contributed by atoms with Crippen molar-refractivity contribution in [2.75, 3.05) is 13.2 Å². The Morgan fingerprint density at radius 2 is 1.38 bits per heavy atom. The molecule has 1 heterocycles. The number of ether oxygens (including phenoxy) is 2. The van der Waals surface area contributed by atoms with Crippen molar-refractivity contribution < 1.29 is 47.4 Å². The van der Waals surface area contributed by atoms with Crippen molar-refractivity contribution in [3.63, 3.8) is 0 Å². The number of unbranched alkanes of at least 4 members (excludes halogenated alkanes) is 7. The fraction of sp³-hybridized carbons (Fsp3) is 1.00. The lowest BCUT2D eigenvalue weighted by atomic mass is 9.99. The summed E-state index contributed by atoms with van der Waals surface area (Å²) in [5.41, 5.74) is 0. The first-order chi connectivity index (χ1) is 14.8. The molecule has 0 aromatic heterocycles. The summed E-state index contributed by atoms with van der Waals surface area (Å²) in [7, 11) is -6.05. The minimum absolute atomic E-state index is 0.439. The van der Waals surface area contributed by atoms with Gasteiger partial charge in [-0.05, 0) is 6.04 Å². The molecule has 5 atom stereocenters. The second-order valence-electron chi connectivity index (χ2n) is 9.15. The summed E-state index contributed by atoms with van der Waals surface area (Å²) in [6, 6.07) is 2.20. The highest BCUT2D eigenvalue weighted by Gasteiger charge is 2.44. The van der Waals surface area contributed by atoms with Crippen molar-refractivity contribution in [3.8, 4) is 0 Å². The van der Waals surface area contributed by atoms with Crippen molar-refractivity contribution in [1.29, 1.82) is 0 Å². The largest absolute Gasteiger partial charge is 0.394 e. The molecule has 6 N–H and O–H groups in total. The Morgan fingerprint density at radius 1 is 0.875 bits per heavy atom. The molecule has 0 bridgehead atoms. The molecule has 12 heteroatoms. The summed E-state index contributed by atoms with van der Waals surface area (Å²) >= 11 is 0. The van der Waals surface area contributed by atoms with E-state index in [-0.39, 0.29) is 0 Å². The Labute approximate surface area is 193 Å². The maximum atomic E-state index is 10.1. The fourth-order valence-electron chi connectivity index (χ4n) is 3.59. The lowest BCUT2D eigenvalue weighted by Crippen LogP contribution is -2.59. The van der Waals surface area contributed by atoms with E-state index in [9.17, 15) is 15.3 Å². The Hall–Kier alpha value is -0.153. The highest BCUT2D eigenvalue weighted by molar-refractivity contribution is 7.79. The number of aliphatic hydroxyl groups excluding tert-OH is 4. The first-order valence-electron chi connectivity index (χ1n) is 11.4. The van der Waals surface area contributed by atoms with E-state index in [1.165, 1.54) is 57.4 Å². The Bertz CT molecular complexity index is 567. The first-order valence-corrected chi connectivity index (χ1v) is 16.3. The van der Waals surface area contributed by atoms with Gasteiger partial charge in [-0.2, -0.15) is 8.42 Å². The molecule has 0 aromatic carbocycles. The molecule has 0 radical (unpaired) electrons. The van der Waals surface area contributed by atoms with E-state index in [4.69, 9.17) is 32.1 Å². The Kier molecular flexibility index (Phi) is 16.4. The van der Waals surface area contributed by atoms with Crippen molar-refractivity contribution in [2.24, 2.45) is 0 Å². The van der Waals surface area contributed by atoms with Gasteiger partial charge in [0.15, 0.2) is 6.29 Å². The van der Waals surface area contributed by atoms with E-state index in [1.807, 2.05) is 0 Å². The van der Waals surface area contributed by atoms with Gasteiger partial charge in [0.05, 0.1) is 6.61 Å². The smallest absolute Gasteiger partial charge is 0.394 e. The number of hydrogen-bond donors (Lipinski definition) is 6. The average molecular weight is 505 g/mol. The van der Waals surface area contributed by atoms with Gasteiger partial charge >= 0.3 is 10.4 Å². The molecule has 0 saturated carbocycles. The molecule has 0 spiro atoms. The SMILES string of the molecule is CCCCCCCCCC[Si](C)(C)CCO[C@@H]1[C@@H](O)[C@H](O)[C@@H](CO)O[C@H]1O.O=S(=O)(O)O. The van der Waals surface area contributed by atoms with E-state index < -0.39 is 55.8 Å². The van der Waals surface area contributed by atoms with Crippen LogP contribution in [0.1, 0.15) is 58.3 Å². The molecule has 32 heavy (non-hydrogen) atoms. The van der Waals surface area contributed by atoms with Crippen LogP contribution in [0.5, 0.6) is 0 Å². The zero-order valence-electron chi connectivity index (χ0n) is 19.6. The number of aliphatic hydroxyl groups is 4. The first kappa shape index (κ1) is 31.8. The molecular weight excluding hydrogens is 460 g/mol. The molecule has 1 rings (SSSR count). The summed E-state index contributed by atoms with van der Waals surface area (Å²) in [4.78, 5) is 0. The molecule has 0 aliphatic carbocycles. The molecule has 0 unspecified atom stereocenters. The minimum atomic E-state index is -4.67. The third kappa shape index (κ3) is 15.6. The van der Waals surface area contributed by atoms with E-state index in [0.29, 0.717) is 6.61 Å². The van der Waals surface area contributed by atoms with Crippen LogP contribution in [-0.2, 0) is 19.9 Å². The Morgan fingerprint density at radius 3 is 1.88 bits per heavy atom. The second kappa shape index (κ2) is 16.5. The molecule has 1 saturated heterocycles. The van der Waals surface area contributed by atoms with Gasteiger partial charge in [-0.25, -0.2) is 0 Å². The zero-order chi connectivity index (χ0) is 24.8. The van der Waals surface area contributed by atoms with Gasteiger partial charge in [0.1, 0.15) is 24.4 Å². The number of rotatable bonds is 14. The summed E-state index contributed by atoms with van der Waals surface area (Å²) < 4.78 is 42.4. The highest BCUT2D eigenvalue weighted by Crippen LogP contribution is 2.24. The van der Waals surface area contributed by atoms with Crippen molar-refractivity contribution in [1.82, 2.24) is 0 Å². The van der Waals surface area contributed by atoms with Gasteiger partial charge in [-0.15, -0.1) is 0 Å². The molecular formula is C20H44O10SSi. The van der Waals surface area contributed by atoms with Crippen LogP contribution in [0.25, 0.3) is 0 Å². The third-order valence-corrected chi connectivity index (χ3v) is 8.90. The summed E-state index contributed by atoms with van der Waals surface area (Å²) in [6.07, 6.45) is 4.80. The van der Waals surface area contributed by atoms with Crippen molar-refractivity contribution in [2.45, 2.75) is 114 Å². The maximum absolute atomic E-state index is 10.1.